The highest BCUT2D eigenvalue weighted by atomic mass is 16.5. The van der Waals surface area contributed by atoms with Gasteiger partial charge in [-0.2, -0.15) is 0 Å². The molecule has 2 N–H and O–H groups in total. The van der Waals surface area contributed by atoms with Crippen LogP contribution in [0.1, 0.15) is 33.6 Å². The van der Waals surface area contributed by atoms with E-state index in [0.717, 1.165) is 6.42 Å². The van der Waals surface area contributed by atoms with Gasteiger partial charge in [0.05, 0.1) is 13.2 Å². The van der Waals surface area contributed by atoms with Crippen molar-refractivity contribution < 1.29 is 14.3 Å². The average molecular weight is 301 g/mol. The molecule has 0 heterocycles. The van der Waals surface area contributed by atoms with E-state index < -0.39 is 0 Å². The second-order valence-corrected chi connectivity index (χ2v) is 6.83. The van der Waals surface area contributed by atoms with Crippen LogP contribution in [0.2, 0.25) is 0 Å². The first kappa shape index (κ1) is 19.9. The Labute approximate surface area is 128 Å². The maximum Gasteiger partial charge on any atom is 0.241 e. The molecule has 21 heavy (non-hydrogen) atoms. The van der Waals surface area contributed by atoms with Crippen molar-refractivity contribution in [2.24, 2.45) is 11.1 Å². The first-order chi connectivity index (χ1) is 9.56. The zero-order chi connectivity index (χ0) is 16.6. The molecule has 0 bridgehead atoms. The Morgan fingerprint density at radius 2 is 1.76 bits per heavy atom. The Hall–Kier alpha value is -1.14. The average Bonchev–Trinajstić information content (AvgIpc) is 2.31. The second-order valence-electron chi connectivity index (χ2n) is 6.83. The minimum Gasteiger partial charge on any atom is -0.383 e. The van der Waals surface area contributed by atoms with Crippen molar-refractivity contribution in [1.29, 1.82) is 0 Å². The molecule has 0 aromatic carbocycles. The molecular formula is C15H31N3O3. The number of rotatable bonds is 8. The SMILES string of the molecule is COCCN(CC(=O)N(C)C)C(=O)CC(N)CC(C)(C)C. The van der Waals surface area contributed by atoms with E-state index >= 15 is 0 Å². The van der Waals surface area contributed by atoms with E-state index in [1.165, 1.54) is 9.80 Å². The van der Waals surface area contributed by atoms with E-state index in [0.29, 0.717) is 13.2 Å². The van der Waals surface area contributed by atoms with E-state index in [2.05, 4.69) is 20.8 Å². The number of hydrogen-bond donors (Lipinski definition) is 1. The van der Waals surface area contributed by atoms with E-state index in [-0.39, 0.29) is 36.2 Å². The van der Waals surface area contributed by atoms with Gasteiger partial charge in [0, 0.05) is 40.2 Å². The topological polar surface area (TPSA) is 75.9 Å². The first-order valence-electron chi connectivity index (χ1n) is 7.29. The van der Waals surface area contributed by atoms with Gasteiger partial charge in [-0.3, -0.25) is 9.59 Å². The summed E-state index contributed by atoms with van der Waals surface area (Å²) in [4.78, 5) is 27.1. The highest BCUT2D eigenvalue weighted by Crippen LogP contribution is 2.21. The molecule has 0 aromatic heterocycles. The number of nitrogens with two attached hydrogens (primary N) is 1. The van der Waals surface area contributed by atoms with E-state index in [9.17, 15) is 9.59 Å². The normalized spacial score (nSPS) is 12.9. The van der Waals surface area contributed by atoms with Gasteiger partial charge >= 0.3 is 0 Å². The van der Waals surface area contributed by atoms with Crippen LogP contribution < -0.4 is 5.73 Å². The number of hydrogen-bond acceptors (Lipinski definition) is 4. The minimum atomic E-state index is -0.197. The first-order valence-corrected chi connectivity index (χ1v) is 7.29. The van der Waals surface area contributed by atoms with Gasteiger partial charge in [0.1, 0.15) is 0 Å². The van der Waals surface area contributed by atoms with Crippen LogP contribution in [0, 0.1) is 5.41 Å². The summed E-state index contributed by atoms with van der Waals surface area (Å²) < 4.78 is 5.00. The van der Waals surface area contributed by atoms with Crippen molar-refractivity contribution in [2.45, 2.75) is 39.7 Å². The van der Waals surface area contributed by atoms with Crippen LogP contribution in [0.4, 0.5) is 0 Å². The van der Waals surface area contributed by atoms with Crippen LogP contribution in [0.25, 0.3) is 0 Å². The third kappa shape index (κ3) is 9.42. The zero-order valence-corrected chi connectivity index (χ0v) is 14.3. The molecule has 1 unspecified atom stereocenters. The lowest BCUT2D eigenvalue weighted by molar-refractivity contribution is -0.140. The van der Waals surface area contributed by atoms with Gasteiger partial charge < -0.3 is 20.3 Å². The monoisotopic (exact) mass is 301 g/mol. The van der Waals surface area contributed by atoms with Gasteiger partial charge in [0.15, 0.2) is 0 Å². The van der Waals surface area contributed by atoms with Gasteiger partial charge in [-0.25, -0.2) is 0 Å². The van der Waals surface area contributed by atoms with Crippen molar-refractivity contribution in [3.63, 3.8) is 0 Å². The third-order valence-corrected chi connectivity index (χ3v) is 3.05. The van der Waals surface area contributed by atoms with Gasteiger partial charge in [0.2, 0.25) is 11.8 Å². The summed E-state index contributed by atoms with van der Waals surface area (Å²) in [5.74, 6) is -0.206. The summed E-state index contributed by atoms with van der Waals surface area (Å²) in [6.45, 7) is 7.15. The molecule has 0 rings (SSSR count). The molecule has 2 amide bonds. The highest BCUT2D eigenvalue weighted by molar-refractivity contribution is 5.84. The molecule has 1 atom stereocenters. The molecule has 6 heteroatoms. The Morgan fingerprint density at radius 1 is 1.19 bits per heavy atom. The lowest BCUT2D eigenvalue weighted by Gasteiger charge is -2.27. The van der Waals surface area contributed by atoms with Crippen LogP contribution in [0.5, 0.6) is 0 Å². The molecule has 0 aliphatic carbocycles. The van der Waals surface area contributed by atoms with Crippen LogP contribution in [-0.4, -0.2) is 68.6 Å². The van der Waals surface area contributed by atoms with Gasteiger partial charge in [-0.1, -0.05) is 20.8 Å². The summed E-state index contributed by atoms with van der Waals surface area (Å²) in [5.41, 5.74) is 6.12. The lowest BCUT2D eigenvalue weighted by atomic mass is 9.87. The molecule has 0 spiro atoms. The quantitative estimate of drug-likeness (QED) is 0.716. The predicted molar refractivity (Wildman–Crippen MR) is 83.8 cm³/mol. The fraction of sp³-hybridized carbons (Fsp3) is 0.867. The van der Waals surface area contributed by atoms with Gasteiger partial charge in [0.25, 0.3) is 0 Å². The number of methoxy groups -OCH3 is 1. The Bertz CT molecular complexity index is 338. The second kappa shape index (κ2) is 9.00. The molecule has 0 saturated carbocycles. The number of carbonyl (C=O) groups excluding carboxylic acids is 2. The Morgan fingerprint density at radius 3 is 2.19 bits per heavy atom. The highest BCUT2D eigenvalue weighted by Gasteiger charge is 2.23. The molecule has 124 valence electrons. The van der Waals surface area contributed by atoms with Crippen molar-refractivity contribution in [3.05, 3.63) is 0 Å². The molecule has 0 aromatic rings. The number of likely N-dealkylation sites (N-methyl/N-ethyl adjacent to an activating group) is 1. The molecule has 0 radical (unpaired) electrons. The van der Waals surface area contributed by atoms with E-state index in [1.54, 1.807) is 21.2 Å². The maximum absolute atomic E-state index is 12.3. The summed E-state index contributed by atoms with van der Waals surface area (Å²) in [7, 11) is 4.92. The van der Waals surface area contributed by atoms with Crippen LogP contribution in [0.3, 0.4) is 0 Å². The largest absolute Gasteiger partial charge is 0.383 e. The fourth-order valence-electron chi connectivity index (χ4n) is 2.01. The fourth-order valence-corrected chi connectivity index (χ4v) is 2.01. The van der Waals surface area contributed by atoms with Crippen molar-refractivity contribution in [2.75, 3.05) is 40.9 Å². The van der Waals surface area contributed by atoms with E-state index in [4.69, 9.17) is 10.5 Å². The molecule has 0 aliphatic heterocycles. The molecular weight excluding hydrogens is 270 g/mol. The zero-order valence-electron chi connectivity index (χ0n) is 14.3. The van der Waals surface area contributed by atoms with Crippen LogP contribution in [0.15, 0.2) is 0 Å². The summed E-state index contributed by atoms with van der Waals surface area (Å²) in [6, 6.07) is -0.197. The number of ether oxygens (including phenoxy) is 1. The van der Waals surface area contributed by atoms with Gasteiger partial charge in [-0.15, -0.1) is 0 Å². The van der Waals surface area contributed by atoms with Crippen molar-refractivity contribution >= 4 is 11.8 Å². The van der Waals surface area contributed by atoms with Crippen LogP contribution >= 0.6 is 0 Å². The standard InChI is InChI=1S/C15H31N3O3/c1-15(2,3)10-12(16)9-13(19)18(7-8-21-6)11-14(20)17(4)5/h12H,7-11,16H2,1-6H3. The Balaban J connectivity index is 4.60. The number of carbonyl (C=O) groups is 2. The number of nitrogens with zero attached hydrogens (tertiary/aromatic N) is 2. The summed E-state index contributed by atoms with van der Waals surface area (Å²) in [5, 5.41) is 0. The number of amides is 2. The minimum absolute atomic E-state index is 0.0669. The Kier molecular flexibility index (Phi) is 8.51. The smallest absolute Gasteiger partial charge is 0.241 e. The van der Waals surface area contributed by atoms with Crippen molar-refractivity contribution in [3.8, 4) is 0 Å². The molecule has 6 nitrogen and oxygen atoms in total. The van der Waals surface area contributed by atoms with Crippen LogP contribution in [-0.2, 0) is 14.3 Å². The van der Waals surface area contributed by atoms with E-state index in [1.807, 2.05) is 0 Å². The third-order valence-electron chi connectivity index (χ3n) is 3.05. The van der Waals surface area contributed by atoms with Gasteiger partial charge in [-0.05, 0) is 11.8 Å². The van der Waals surface area contributed by atoms with Crippen molar-refractivity contribution in [1.82, 2.24) is 9.80 Å². The summed E-state index contributed by atoms with van der Waals surface area (Å²) >= 11 is 0. The molecule has 0 saturated heterocycles. The predicted octanol–water partition coefficient (Wildman–Crippen LogP) is 0.703. The lowest BCUT2D eigenvalue weighted by Crippen LogP contribution is -2.44. The summed E-state index contributed by atoms with van der Waals surface area (Å²) in [6.07, 6.45) is 1.01. The molecule has 0 fully saturated rings. The molecule has 0 aliphatic rings. The maximum atomic E-state index is 12.3.